The van der Waals surface area contributed by atoms with Crippen LogP contribution in [0, 0.1) is 0 Å². The highest BCUT2D eigenvalue weighted by atomic mass is 127. The Bertz CT molecular complexity index is 210. The number of nitrogens with one attached hydrogen (secondary N) is 1. The number of rotatable bonds is 0. The summed E-state index contributed by atoms with van der Waals surface area (Å²) in [5.41, 5.74) is 0. The van der Waals surface area contributed by atoms with Gasteiger partial charge >= 0.3 is 0 Å². The molecule has 11 heavy (non-hydrogen) atoms. The Labute approximate surface area is 81.1 Å². The van der Waals surface area contributed by atoms with Crippen LogP contribution in [-0.2, 0) is 0 Å². The molecule has 2 nitrogen and oxygen atoms in total. The van der Waals surface area contributed by atoms with Crippen molar-refractivity contribution in [3.05, 3.63) is 0 Å². The molecule has 0 bridgehead atoms. The number of hydrogen-bond acceptors (Lipinski definition) is 2. The molecule has 1 aliphatic heterocycles. The number of nitrogens with zero attached hydrogens (tertiary/aromatic N) is 1. The van der Waals surface area contributed by atoms with Crippen LogP contribution in [0.3, 0.4) is 0 Å². The van der Waals surface area contributed by atoms with Crippen LogP contribution in [0.5, 0.6) is 0 Å². The lowest BCUT2D eigenvalue weighted by Gasteiger charge is -2.23. The van der Waals surface area contributed by atoms with Crippen molar-refractivity contribution in [3.8, 4) is 0 Å². The number of fused-ring (bicyclic) bond motifs is 1. The molecule has 2 aliphatic rings. The van der Waals surface area contributed by atoms with Crippen molar-refractivity contribution in [1.82, 2.24) is 5.09 Å². The van der Waals surface area contributed by atoms with E-state index in [1.54, 1.807) is 0 Å². The van der Waals surface area contributed by atoms with E-state index < -0.39 is 4.85 Å². The van der Waals surface area contributed by atoms with Gasteiger partial charge in [-0.1, -0.05) is 12.8 Å². The van der Waals surface area contributed by atoms with Crippen LogP contribution >= 0.6 is 26.9 Å². The molecule has 0 radical (unpaired) electrons. The van der Waals surface area contributed by atoms with Crippen LogP contribution in [0.15, 0.2) is 4.74 Å². The molecule has 64 valence electrons. The van der Waals surface area contributed by atoms with E-state index in [0.717, 1.165) is 6.04 Å². The van der Waals surface area contributed by atoms with Crippen molar-refractivity contribution >= 4 is 26.9 Å². The van der Waals surface area contributed by atoms with Gasteiger partial charge < -0.3 is 0 Å². The van der Waals surface area contributed by atoms with Crippen LogP contribution in [0.2, 0.25) is 0 Å². The molecule has 2 unspecified atom stereocenters. The zero-order valence-electron chi connectivity index (χ0n) is 6.76. The largest absolute Gasteiger partial charge is 0.274 e. The van der Waals surface area contributed by atoms with E-state index in [0.29, 0.717) is 6.04 Å². The maximum atomic E-state index is 4.83. The second kappa shape index (κ2) is 3.00. The van der Waals surface area contributed by atoms with E-state index in [-0.39, 0.29) is 0 Å². The van der Waals surface area contributed by atoms with Crippen molar-refractivity contribution in [2.75, 3.05) is 6.66 Å². The fourth-order valence-electron chi connectivity index (χ4n) is 2.01. The van der Waals surface area contributed by atoms with Crippen molar-refractivity contribution in [2.45, 2.75) is 37.8 Å². The fourth-order valence-corrected chi connectivity index (χ4v) is 5.85. The Morgan fingerprint density at radius 1 is 1.45 bits per heavy atom. The summed E-state index contributed by atoms with van der Waals surface area (Å²) in [6, 6.07) is 1.40. The summed E-state index contributed by atoms with van der Waals surface area (Å²) in [6.07, 6.45) is 5.48. The Balaban J connectivity index is 2.14. The van der Waals surface area contributed by atoms with Crippen molar-refractivity contribution < 1.29 is 0 Å². The first-order valence-electron chi connectivity index (χ1n) is 4.24. The zero-order chi connectivity index (χ0) is 7.90. The third-order valence-electron chi connectivity index (χ3n) is 2.50. The van der Waals surface area contributed by atoms with Gasteiger partial charge in [-0.3, -0.25) is 9.83 Å². The lowest BCUT2D eigenvalue weighted by Crippen LogP contribution is -2.33. The molecule has 4 heteroatoms. The van der Waals surface area contributed by atoms with E-state index in [1.807, 2.05) is 0 Å². The smallest absolute Gasteiger partial charge is 0.0848 e. The third-order valence-corrected chi connectivity index (χ3v) is 5.61. The molecule has 0 amide bonds. The quantitative estimate of drug-likeness (QED) is 0.536. The van der Waals surface area contributed by atoms with Gasteiger partial charge in [-0.2, -0.15) is 0 Å². The van der Waals surface area contributed by atoms with Gasteiger partial charge in [-0.05, 0) is 41.5 Å². The van der Waals surface area contributed by atoms with Gasteiger partial charge in [0.2, 0.25) is 0 Å². The number of halogens is 1. The van der Waals surface area contributed by atoms with Gasteiger partial charge in [0.1, 0.15) is 0 Å². The first-order chi connectivity index (χ1) is 5.17. The first kappa shape index (κ1) is 8.52. The first-order valence-corrected chi connectivity index (χ1v) is 9.21. The second-order valence-electron chi connectivity index (χ2n) is 3.56. The molecule has 0 aromatic heterocycles. The minimum atomic E-state index is -1.05. The maximum absolute atomic E-state index is 4.83. The van der Waals surface area contributed by atoms with Crippen LogP contribution in [0.25, 0.3) is 0 Å². The maximum Gasteiger partial charge on any atom is 0.0848 e. The summed E-state index contributed by atoms with van der Waals surface area (Å²) < 4.78 is 4.83. The van der Waals surface area contributed by atoms with Gasteiger partial charge in [-0.25, -0.2) is 0 Å². The molecular weight excluding hydrogens is 270 g/mol. The standard InChI is InChI=1S/C7H14IN2P/c1-11(8)9-6-4-2-3-5-7(6)10-11/h6-7,9H,2-5H2,1H3/t6?,7?,11-/m0/s1. The van der Waals surface area contributed by atoms with Crippen molar-refractivity contribution in [2.24, 2.45) is 4.74 Å². The zero-order valence-corrected chi connectivity index (χ0v) is 9.81. The molecule has 1 heterocycles. The van der Waals surface area contributed by atoms with Gasteiger partial charge in [0, 0.05) is 6.04 Å². The molecule has 1 N–H and O–H groups in total. The summed E-state index contributed by atoms with van der Waals surface area (Å²) in [5, 5.41) is 3.66. The van der Waals surface area contributed by atoms with Crippen molar-refractivity contribution in [1.29, 1.82) is 0 Å². The van der Waals surface area contributed by atoms with Crippen LogP contribution in [0.1, 0.15) is 25.7 Å². The van der Waals surface area contributed by atoms with E-state index in [1.165, 1.54) is 25.7 Å². The van der Waals surface area contributed by atoms with Crippen LogP contribution < -0.4 is 5.09 Å². The van der Waals surface area contributed by atoms with Crippen molar-refractivity contribution in [3.63, 3.8) is 0 Å². The van der Waals surface area contributed by atoms with E-state index in [2.05, 4.69) is 33.8 Å². The Morgan fingerprint density at radius 3 is 2.91 bits per heavy atom. The fraction of sp³-hybridized carbons (Fsp3) is 1.00. The lowest BCUT2D eigenvalue weighted by molar-refractivity contribution is 0.386. The van der Waals surface area contributed by atoms with Gasteiger partial charge in [-0.15, -0.1) is 0 Å². The van der Waals surface area contributed by atoms with Gasteiger partial charge in [0.25, 0.3) is 0 Å². The van der Waals surface area contributed by atoms with E-state index in [9.17, 15) is 0 Å². The number of hydrogen-bond donors (Lipinski definition) is 1. The minimum absolute atomic E-state index is 0.666. The third kappa shape index (κ3) is 1.81. The predicted molar refractivity (Wildman–Crippen MR) is 58.5 cm³/mol. The molecule has 1 saturated carbocycles. The highest BCUT2D eigenvalue weighted by molar-refractivity contribution is 14.2. The molecule has 1 fully saturated rings. The van der Waals surface area contributed by atoms with Crippen LogP contribution in [0.4, 0.5) is 0 Å². The normalized spacial score (nSPS) is 50.0. The lowest BCUT2D eigenvalue weighted by atomic mass is 9.92. The highest BCUT2D eigenvalue weighted by Gasteiger charge is 2.33. The summed E-state index contributed by atoms with van der Waals surface area (Å²) in [6.45, 7) is 2.27. The molecule has 2 rings (SSSR count). The van der Waals surface area contributed by atoms with Gasteiger partial charge in [0.05, 0.1) is 10.9 Å². The second-order valence-corrected chi connectivity index (χ2v) is 11.4. The summed E-state index contributed by atoms with van der Waals surface area (Å²) >= 11 is 2.50. The van der Waals surface area contributed by atoms with Crippen LogP contribution in [-0.4, -0.2) is 18.7 Å². The molecule has 0 aromatic rings. The Kier molecular flexibility index (Phi) is 2.32. The molecule has 0 spiro atoms. The Hall–Kier alpha value is 0.920. The van der Waals surface area contributed by atoms with E-state index >= 15 is 0 Å². The predicted octanol–water partition coefficient (Wildman–Crippen LogP) is 3.00. The molecule has 0 saturated heterocycles. The minimum Gasteiger partial charge on any atom is -0.274 e. The average molecular weight is 284 g/mol. The monoisotopic (exact) mass is 284 g/mol. The summed E-state index contributed by atoms with van der Waals surface area (Å²) in [5.74, 6) is 0. The topological polar surface area (TPSA) is 24.4 Å². The molecular formula is C7H14IN2P. The Morgan fingerprint density at radius 2 is 2.18 bits per heavy atom. The SMILES string of the molecule is C[P@@]1(I)=NC2CCCCC2N1. The van der Waals surface area contributed by atoms with Gasteiger partial charge in [0.15, 0.2) is 0 Å². The molecule has 3 atom stereocenters. The summed E-state index contributed by atoms with van der Waals surface area (Å²) in [4.78, 5) is -1.05. The highest BCUT2D eigenvalue weighted by Crippen LogP contribution is 2.56. The molecule has 1 aliphatic carbocycles. The summed E-state index contributed by atoms with van der Waals surface area (Å²) in [7, 11) is 0. The average Bonchev–Trinajstić information content (AvgIpc) is 2.21. The molecule has 0 aromatic carbocycles. The van der Waals surface area contributed by atoms with E-state index in [4.69, 9.17) is 4.74 Å².